The van der Waals surface area contributed by atoms with E-state index in [0.29, 0.717) is 16.0 Å². The van der Waals surface area contributed by atoms with Gasteiger partial charge in [0.15, 0.2) is 11.0 Å². The number of halogens is 1. The van der Waals surface area contributed by atoms with Crippen LogP contribution < -0.4 is 5.32 Å². The molecule has 1 amide bonds. The van der Waals surface area contributed by atoms with Crippen LogP contribution in [0.1, 0.15) is 5.56 Å². The molecule has 1 N–H and O–H groups in total. The molecule has 0 aliphatic carbocycles. The number of hydrogen-bond donors (Lipinski definition) is 1. The van der Waals surface area contributed by atoms with Crippen molar-refractivity contribution in [1.82, 2.24) is 19.7 Å². The van der Waals surface area contributed by atoms with E-state index in [1.807, 2.05) is 96.4 Å². The number of amides is 1. The van der Waals surface area contributed by atoms with Crippen LogP contribution in [0.5, 0.6) is 0 Å². The Hall–Kier alpha value is -3.94. The van der Waals surface area contributed by atoms with Crippen molar-refractivity contribution in [1.29, 1.82) is 0 Å². The molecule has 0 fully saturated rings. The lowest BCUT2D eigenvalue weighted by Gasteiger charge is -2.14. The summed E-state index contributed by atoms with van der Waals surface area (Å²) in [6.07, 6.45) is 3.42. The number of para-hydroxylation sites is 1. The van der Waals surface area contributed by atoms with Crippen molar-refractivity contribution in [2.75, 3.05) is 11.1 Å². The Morgan fingerprint density at radius 2 is 1.64 bits per heavy atom. The van der Waals surface area contributed by atoms with Gasteiger partial charge in [-0.2, -0.15) is 0 Å². The molecule has 2 heterocycles. The molecule has 2 aromatic heterocycles. The lowest BCUT2D eigenvalue weighted by atomic mass is 10.0. The second-order valence-corrected chi connectivity index (χ2v) is 9.36. The van der Waals surface area contributed by atoms with Crippen molar-refractivity contribution < 1.29 is 4.79 Å². The highest BCUT2D eigenvalue weighted by Crippen LogP contribution is 2.32. The predicted molar refractivity (Wildman–Crippen MR) is 146 cm³/mol. The third-order valence-electron chi connectivity index (χ3n) is 5.67. The number of rotatable bonds is 7. The second kappa shape index (κ2) is 10.8. The van der Waals surface area contributed by atoms with E-state index in [1.54, 1.807) is 12.4 Å². The van der Waals surface area contributed by atoms with E-state index in [2.05, 4.69) is 20.5 Å². The molecule has 5 aromatic rings. The average Bonchev–Trinajstić information content (AvgIpc) is 3.34. The molecule has 178 valence electrons. The highest BCUT2D eigenvalue weighted by Gasteiger charge is 2.19. The fourth-order valence-electron chi connectivity index (χ4n) is 3.88. The first-order valence-corrected chi connectivity index (χ1v) is 12.7. The first kappa shape index (κ1) is 23.8. The molecule has 0 atom stereocenters. The van der Waals surface area contributed by atoms with E-state index in [-0.39, 0.29) is 11.7 Å². The number of thioether (sulfide) groups is 1. The summed E-state index contributed by atoms with van der Waals surface area (Å²) < 4.78 is 1.94. The van der Waals surface area contributed by atoms with Crippen molar-refractivity contribution in [3.05, 3.63) is 108 Å². The van der Waals surface area contributed by atoms with Gasteiger partial charge >= 0.3 is 0 Å². The van der Waals surface area contributed by atoms with Gasteiger partial charge in [-0.05, 0) is 48.4 Å². The first-order valence-electron chi connectivity index (χ1n) is 11.3. The molecular weight excluding hydrogens is 490 g/mol. The standard InChI is InChI=1S/C28H22ClN5OS/c1-19-23(29)11-7-13-25(19)34-27(21-14-16-30-17-15-21)32-33-28(34)36-18-26(35)31-24-12-6-5-10-22(24)20-8-3-2-4-9-20/h2-17H,18H2,1H3,(H,31,35). The van der Waals surface area contributed by atoms with Crippen LogP contribution >= 0.6 is 23.4 Å². The summed E-state index contributed by atoms with van der Waals surface area (Å²) in [5.41, 5.74) is 5.39. The monoisotopic (exact) mass is 511 g/mol. The van der Waals surface area contributed by atoms with E-state index < -0.39 is 0 Å². The number of hydrogen-bond acceptors (Lipinski definition) is 5. The maximum atomic E-state index is 13.0. The van der Waals surface area contributed by atoms with Crippen molar-refractivity contribution >= 4 is 35.0 Å². The fourth-order valence-corrected chi connectivity index (χ4v) is 4.80. The third kappa shape index (κ3) is 5.03. The van der Waals surface area contributed by atoms with Gasteiger partial charge in [-0.1, -0.05) is 78.0 Å². The van der Waals surface area contributed by atoms with E-state index in [4.69, 9.17) is 11.6 Å². The Morgan fingerprint density at radius 1 is 0.889 bits per heavy atom. The van der Waals surface area contributed by atoms with E-state index in [9.17, 15) is 4.79 Å². The van der Waals surface area contributed by atoms with Gasteiger partial charge < -0.3 is 5.32 Å². The number of carbonyl (C=O) groups is 1. The summed E-state index contributed by atoms with van der Waals surface area (Å²) in [6, 6.07) is 27.2. The quantitative estimate of drug-likeness (QED) is 0.246. The maximum Gasteiger partial charge on any atom is 0.234 e. The van der Waals surface area contributed by atoms with Gasteiger partial charge in [0, 0.05) is 34.2 Å². The molecule has 3 aromatic carbocycles. The van der Waals surface area contributed by atoms with Crippen LogP contribution in [-0.2, 0) is 4.79 Å². The molecular formula is C28H22ClN5OS. The number of nitrogens with zero attached hydrogens (tertiary/aromatic N) is 4. The lowest BCUT2D eigenvalue weighted by molar-refractivity contribution is -0.113. The van der Waals surface area contributed by atoms with Crippen LogP contribution in [0.2, 0.25) is 5.02 Å². The van der Waals surface area contributed by atoms with E-state index >= 15 is 0 Å². The summed E-state index contributed by atoms with van der Waals surface area (Å²) >= 11 is 7.75. The molecule has 6 nitrogen and oxygen atoms in total. The summed E-state index contributed by atoms with van der Waals surface area (Å²) in [4.78, 5) is 17.1. The van der Waals surface area contributed by atoms with Crippen LogP contribution in [-0.4, -0.2) is 31.4 Å². The normalized spacial score (nSPS) is 10.8. The minimum Gasteiger partial charge on any atom is -0.325 e. The van der Waals surface area contributed by atoms with Crippen molar-refractivity contribution in [3.63, 3.8) is 0 Å². The molecule has 0 saturated carbocycles. The molecule has 0 spiro atoms. The molecule has 36 heavy (non-hydrogen) atoms. The van der Waals surface area contributed by atoms with Gasteiger partial charge in [0.1, 0.15) is 0 Å². The van der Waals surface area contributed by atoms with Gasteiger partial charge in [0.05, 0.1) is 11.4 Å². The van der Waals surface area contributed by atoms with Crippen molar-refractivity contribution in [3.8, 4) is 28.2 Å². The van der Waals surface area contributed by atoms with Crippen LogP contribution in [0.25, 0.3) is 28.2 Å². The number of carbonyl (C=O) groups excluding carboxylic acids is 1. The zero-order valence-corrected chi connectivity index (χ0v) is 21.0. The highest BCUT2D eigenvalue weighted by molar-refractivity contribution is 7.99. The Bertz CT molecular complexity index is 1510. The Labute approximate surface area is 218 Å². The lowest BCUT2D eigenvalue weighted by Crippen LogP contribution is -2.15. The highest BCUT2D eigenvalue weighted by atomic mass is 35.5. The summed E-state index contributed by atoms with van der Waals surface area (Å²) in [6.45, 7) is 1.95. The predicted octanol–water partition coefficient (Wildman–Crippen LogP) is 6.69. The Morgan fingerprint density at radius 3 is 2.44 bits per heavy atom. The molecule has 8 heteroatoms. The number of anilines is 1. The maximum absolute atomic E-state index is 13.0. The van der Waals surface area contributed by atoms with Crippen molar-refractivity contribution in [2.45, 2.75) is 12.1 Å². The number of aromatic nitrogens is 4. The van der Waals surface area contributed by atoms with E-state index in [1.165, 1.54) is 11.8 Å². The summed E-state index contributed by atoms with van der Waals surface area (Å²) in [5, 5.41) is 13.1. The number of benzene rings is 3. The largest absolute Gasteiger partial charge is 0.325 e. The zero-order chi connectivity index (χ0) is 24.9. The minimum atomic E-state index is -0.133. The summed E-state index contributed by atoms with van der Waals surface area (Å²) in [5.74, 6) is 0.684. The van der Waals surface area contributed by atoms with Gasteiger partial charge in [0.2, 0.25) is 5.91 Å². The number of nitrogens with one attached hydrogen (secondary N) is 1. The molecule has 0 aliphatic rings. The molecule has 0 saturated heterocycles. The topological polar surface area (TPSA) is 72.7 Å². The molecule has 0 unspecified atom stereocenters. The van der Waals surface area contributed by atoms with Gasteiger partial charge in [-0.3, -0.25) is 14.3 Å². The van der Waals surface area contributed by atoms with Crippen LogP contribution in [0.4, 0.5) is 5.69 Å². The Balaban J connectivity index is 1.42. The van der Waals surface area contributed by atoms with Crippen LogP contribution in [0.15, 0.2) is 102 Å². The molecule has 0 aliphatic heterocycles. The number of pyridine rings is 1. The smallest absolute Gasteiger partial charge is 0.234 e. The first-order chi connectivity index (χ1) is 17.6. The average molecular weight is 512 g/mol. The molecule has 5 rings (SSSR count). The SMILES string of the molecule is Cc1c(Cl)cccc1-n1c(SCC(=O)Nc2ccccc2-c2ccccc2)nnc1-c1ccncc1. The van der Waals surface area contributed by atoms with Gasteiger partial charge in [-0.15, -0.1) is 10.2 Å². The fraction of sp³-hybridized carbons (Fsp3) is 0.0714. The van der Waals surface area contributed by atoms with Crippen molar-refractivity contribution in [2.24, 2.45) is 0 Å². The molecule has 0 radical (unpaired) electrons. The second-order valence-electron chi connectivity index (χ2n) is 8.01. The minimum absolute atomic E-state index is 0.133. The Kier molecular flexibility index (Phi) is 7.11. The van der Waals surface area contributed by atoms with Gasteiger partial charge in [0.25, 0.3) is 0 Å². The van der Waals surface area contributed by atoms with Gasteiger partial charge in [-0.25, -0.2) is 0 Å². The summed E-state index contributed by atoms with van der Waals surface area (Å²) in [7, 11) is 0. The van der Waals surface area contributed by atoms with Crippen LogP contribution in [0, 0.1) is 6.92 Å². The third-order valence-corrected chi connectivity index (χ3v) is 7.01. The van der Waals surface area contributed by atoms with E-state index in [0.717, 1.165) is 33.6 Å². The molecule has 0 bridgehead atoms. The zero-order valence-electron chi connectivity index (χ0n) is 19.4. The van der Waals surface area contributed by atoms with Crippen LogP contribution in [0.3, 0.4) is 0 Å².